The van der Waals surface area contributed by atoms with Crippen LogP contribution in [0.5, 0.6) is 0 Å². The maximum atomic E-state index is 12.8. The van der Waals surface area contributed by atoms with Crippen molar-refractivity contribution in [3.63, 3.8) is 0 Å². The number of hydrogen-bond donors (Lipinski definition) is 1. The van der Waals surface area contributed by atoms with Gasteiger partial charge in [-0.2, -0.15) is 0 Å². The molecule has 3 rings (SSSR count). The number of amides is 1. The van der Waals surface area contributed by atoms with E-state index >= 15 is 0 Å². The molecule has 0 radical (unpaired) electrons. The van der Waals surface area contributed by atoms with E-state index in [1.165, 1.54) is 10.4 Å². The van der Waals surface area contributed by atoms with Gasteiger partial charge in [0.25, 0.3) is 8.32 Å². The second-order valence-corrected chi connectivity index (χ2v) is 13.4. The number of hydrogen-bond acceptors (Lipinski definition) is 2. The summed E-state index contributed by atoms with van der Waals surface area (Å²) in [5, 5.41) is 5.40. The molecule has 0 aromatic heterocycles. The lowest BCUT2D eigenvalue weighted by atomic mass is 10.1. The zero-order chi connectivity index (χ0) is 22.3. The van der Waals surface area contributed by atoms with Crippen LogP contribution in [0.25, 0.3) is 0 Å². The first-order valence-electron chi connectivity index (χ1n) is 10.9. The largest absolute Gasteiger partial charge is 0.407 e. The summed E-state index contributed by atoms with van der Waals surface area (Å²) in [4.78, 5) is 12.8. The van der Waals surface area contributed by atoms with E-state index in [2.05, 4.69) is 74.6 Å². The summed E-state index contributed by atoms with van der Waals surface area (Å²) >= 11 is 0. The van der Waals surface area contributed by atoms with E-state index in [4.69, 9.17) is 4.43 Å². The molecule has 0 saturated carbocycles. The molecule has 3 aromatic rings. The first-order valence-corrected chi connectivity index (χ1v) is 12.8. The standard InChI is InChI=1S/C27H33NO2Si/c1-22(26(29)28-20-23-14-8-5-9-15-23)21-30-31(27(2,3)4,24-16-10-6-11-17-24)25-18-12-7-13-19-25/h5-19,22H,20-21H2,1-4H3,(H,28,29)/t22-/m0/s1. The van der Waals surface area contributed by atoms with Gasteiger partial charge >= 0.3 is 0 Å². The van der Waals surface area contributed by atoms with E-state index in [-0.39, 0.29) is 16.9 Å². The zero-order valence-corrected chi connectivity index (χ0v) is 20.0. The Morgan fingerprint density at radius 1 is 0.839 bits per heavy atom. The van der Waals surface area contributed by atoms with Crippen LogP contribution < -0.4 is 15.7 Å². The summed E-state index contributed by atoms with van der Waals surface area (Å²) in [6.45, 7) is 9.60. The molecule has 0 fully saturated rings. The summed E-state index contributed by atoms with van der Waals surface area (Å²) in [5.74, 6) is -0.229. The molecule has 0 unspecified atom stereocenters. The van der Waals surface area contributed by atoms with Gasteiger partial charge in [-0.3, -0.25) is 4.79 Å². The van der Waals surface area contributed by atoms with Gasteiger partial charge in [0, 0.05) is 13.2 Å². The summed E-state index contributed by atoms with van der Waals surface area (Å²) in [6.07, 6.45) is 0. The third-order valence-corrected chi connectivity index (χ3v) is 10.7. The molecular weight excluding hydrogens is 398 g/mol. The molecule has 0 heterocycles. The van der Waals surface area contributed by atoms with Crippen molar-refractivity contribution < 1.29 is 9.22 Å². The molecule has 31 heavy (non-hydrogen) atoms. The van der Waals surface area contributed by atoms with Crippen molar-refractivity contribution in [3.05, 3.63) is 96.6 Å². The molecule has 0 saturated heterocycles. The van der Waals surface area contributed by atoms with Crippen LogP contribution in [0.4, 0.5) is 0 Å². The van der Waals surface area contributed by atoms with E-state index < -0.39 is 8.32 Å². The predicted octanol–water partition coefficient (Wildman–Crippen LogP) is 4.52. The van der Waals surface area contributed by atoms with Crippen LogP contribution in [-0.4, -0.2) is 20.8 Å². The fourth-order valence-corrected chi connectivity index (χ4v) is 8.70. The Morgan fingerprint density at radius 2 is 1.29 bits per heavy atom. The van der Waals surface area contributed by atoms with Crippen LogP contribution in [0.2, 0.25) is 5.04 Å². The normalized spacial score (nSPS) is 12.9. The quantitative estimate of drug-likeness (QED) is 0.533. The Morgan fingerprint density at radius 3 is 1.74 bits per heavy atom. The van der Waals surface area contributed by atoms with Crippen LogP contribution in [-0.2, 0) is 15.8 Å². The Hall–Kier alpha value is -2.69. The third-order valence-electron chi connectivity index (χ3n) is 5.72. The number of carbonyl (C=O) groups excluding carboxylic acids is 1. The summed E-state index contributed by atoms with van der Waals surface area (Å²) in [5.41, 5.74) is 1.09. The highest BCUT2D eigenvalue weighted by Gasteiger charge is 2.50. The van der Waals surface area contributed by atoms with E-state index in [0.29, 0.717) is 13.2 Å². The molecule has 4 heteroatoms. The highest BCUT2D eigenvalue weighted by Crippen LogP contribution is 2.37. The van der Waals surface area contributed by atoms with E-state index in [1.807, 2.05) is 49.4 Å². The van der Waals surface area contributed by atoms with E-state index in [1.54, 1.807) is 0 Å². The van der Waals surface area contributed by atoms with Crippen molar-refractivity contribution in [3.8, 4) is 0 Å². The van der Waals surface area contributed by atoms with Crippen molar-refractivity contribution >= 4 is 24.6 Å². The van der Waals surface area contributed by atoms with Gasteiger partial charge in [-0.1, -0.05) is 119 Å². The number of nitrogens with one attached hydrogen (secondary N) is 1. The number of benzene rings is 3. The van der Waals surface area contributed by atoms with Crippen LogP contribution in [0.3, 0.4) is 0 Å². The van der Waals surface area contributed by atoms with Crippen molar-refractivity contribution in [2.75, 3.05) is 6.61 Å². The third kappa shape index (κ3) is 5.33. The molecular formula is C27H33NO2Si. The monoisotopic (exact) mass is 431 g/mol. The van der Waals surface area contributed by atoms with Crippen LogP contribution >= 0.6 is 0 Å². The summed E-state index contributed by atoms with van der Waals surface area (Å²) < 4.78 is 6.88. The fraction of sp³-hybridized carbons (Fsp3) is 0.296. The molecule has 162 valence electrons. The topological polar surface area (TPSA) is 38.3 Å². The minimum absolute atomic E-state index is 0.0155. The fourth-order valence-electron chi connectivity index (χ4n) is 4.05. The smallest absolute Gasteiger partial charge is 0.261 e. The Kier molecular flexibility index (Phi) is 7.47. The first kappa shape index (κ1) is 23.0. The lowest BCUT2D eigenvalue weighted by Gasteiger charge is -2.43. The molecule has 0 aliphatic rings. The maximum Gasteiger partial charge on any atom is 0.261 e. The van der Waals surface area contributed by atoms with Gasteiger partial charge in [0.05, 0.1) is 5.92 Å². The molecule has 0 bridgehead atoms. The Labute approximate surface area is 187 Å². The second kappa shape index (κ2) is 10.1. The minimum atomic E-state index is -2.62. The van der Waals surface area contributed by atoms with Gasteiger partial charge in [0.2, 0.25) is 5.91 Å². The van der Waals surface area contributed by atoms with Crippen molar-refractivity contribution in [1.29, 1.82) is 0 Å². The highest BCUT2D eigenvalue weighted by molar-refractivity contribution is 6.99. The first-order chi connectivity index (χ1) is 14.8. The van der Waals surface area contributed by atoms with Crippen molar-refractivity contribution in [2.45, 2.75) is 39.3 Å². The molecule has 0 aliphatic carbocycles. The van der Waals surface area contributed by atoms with Gasteiger partial charge in [-0.05, 0) is 21.0 Å². The highest BCUT2D eigenvalue weighted by atomic mass is 28.4. The molecule has 1 N–H and O–H groups in total. The lowest BCUT2D eigenvalue weighted by Crippen LogP contribution is -2.67. The number of rotatable bonds is 8. The average Bonchev–Trinajstić information content (AvgIpc) is 2.79. The van der Waals surface area contributed by atoms with Crippen LogP contribution in [0, 0.1) is 5.92 Å². The SMILES string of the molecule is C[C@@H](CO[Si](c1ccccc1)(c1ccccc1)C(C)(C)C)C(=O)NCc1ccccc1. The van der Waals surface area contributed by atoms with Gasteiger partial charge in [0.15, 0.2) is 0 Å². The summed E-state index contributed by atoms with van der Waals surface area (Å²) in [7, 11) is -2.62. The minimum Gasteiger partial charge on any atom is -0.407 e. The molecule has 3 nitrogen and oxygen atoms in total. The number of carbonyl (C=O) groups is 1. The Bertz CT molecular complexity index is 913. The molecule has 1 atom stereocenters. The van der Waals surface area contributed by atoms with E-state index in [0.717, 1.165) is 5.56 Å². The average molecular weight is 432 g/mol. The predicted molar refractivity (Wildman–Crippen MR) is 131 cm³/mol. The van der Waals surface area contributed by atoms with Crippen LogP contribution in [0.15, 0.2) is 91.0 Å². The van der Waals surface area contributed by atoms with Gasteiger partial charge < -0.3 is 9.74 Å². The van der Waals surface area contributed by atoms with Gasteiger partial charge in [-0.25, -0.2) is 0 Å². The van der Waals surface area contributed by atoms with Crippen molar-refractivity contribution in [1.82, 2.24) is 5.32 Å². The molecule has 1 amide bonds. The lowest BCUT2D eigenvalue weighted by molar-refractivity contribution is -0.125. The molecule has 0 spiro atoms. The Balaban J connectivity index is 1.83. The summed E-state index contributed by atoms with van der Waals surface area (Å²) in [6, 6.07) is 31.0. The molecule has 3 aromatic carbocycles. The van der Waals surface area contributed by atoms with Gasteiger partial charge in [-0.15, -0.1) is 0 Å². The molecule has 0 aliphatic heterocycles. The maximum absolute atomic E-state index is 12.8. The van der Waals surface area contributed by atoms with E-state index in [9.17, 15) is 4.79 Å². The van der Waals surface area contributed by atoms with Gasteiger partial charge in [0.1, 0.15) is 0 Å². The zero-order valence-electron chi connectivity index (χ0n) is 19.0. The second-order valence-electron chi connectivity index (χ2n) is 9.08. The van der Waals surface area contributed by atoms with Crippen LogP contribution in [0.1, 0.15) is 33.3 Å². The van der Waals surface area contributed by atoms with Crippen molar-refractivity contribution in [2.24, 2.45) is 5.92 Å².